The molecule has 1 fully saturated rings. The zero-order valence-corrected chi connectivity index (χ0v) is 12.4. The summed E-state index contributed by atoms with van der Waals surface area (Å²) in [6, 6.07) is 10.2. The van der Waals surface area contributed by atoms with Crippen LogP contribution in [0.2, 0.25) is 0 Å². The molecular formula is C16H25N3O. The van der Waals surface area contributed by atoms with E-state index in [2.05, 4.69) is 22.5 Å². The SMILES string of the molecule is CCNC1CCN(C(C)C(=O)Nc2ccccc2)CC1. The minimum Gasteiger partial charge on any atom is -0.325 e. The number of hydrogen-bond donors (Lipinski definition) is 2. The van der Waals surface area contributed by atoms with Gasteiger partial charge in [0.2, 0.25) is 5.91 Å². The van der Waals surface area contributed by atoms with Gasteiger partial charge in [0, 0.05) is 24.8 Å². The Hall–Kier alpha value is -1.39. The molecule has 2 rings (SSSR count). The number of nitrogens with one attached hydrogen (secondary N) is 2. The van der Waals surface area contributed by atoms with Crippen molar-refractivity contribution in [2.75, 3.05) is 25.0 Å². The molecule has 1 atom stereocenters. The molecule has 1 aliphatic heterocycles. The van der Waals surface area contributed by atoms with Crippen LogP contribution >= 0.6 is 0 Å². The number of hydrogen-bond acceptors (Lipinski definition) is 3. The molecule has 0 saturated carbocycles. The predicted octanol–water partition coefficient (Wildman–Crippen LogP) is 2.09. The average Bonchev–Trinajstić information content (AvgIpc) is 2.48. The molecular weight excluding hydrogens is 250 g/mol. The molecule has 1 saturated heterocycles. The Morgan fingerprint density at radius 2 is 1.95 bits per heavy atom. The van der Waals surface area contributed by atoms with Gasteiger partial charge in [0.05, 0.1) is 6.04 Å². The lowest BCUT2D eigenvalue weighted by Gasteiger charge is -2.35. The zero-order valence-electron chi connectivity index (χ0n) is 12.4. The third-order valence-electron chi connectivity index (χ3n) is 3.99. The number of carbonyl (C=O) groups excluding carboxylic acids is 1. The van der Waals surface area contributed by atoms with E-state index < -0.39 is 0 Å². The molecule has 1 heterocycles. The van der Waals surface area contributed by atoms with Gasteiger partial charge in [-0.25, -0.2) is 0 Å². The fourth-order valence-corrected chi connectivity index (χ4v) is 2.71. The number of piperidine rings is 1. The van der Waals surface area contributed by atoms with Gasteiger partial charge in [-0.3, -0.25) is 9.69 Å². The van der Waals surface area contributed by atoms with Gasteiger partial charge in [0.1, 0.15) is 0 Å². The van der Waals surface area contributed by atoms with E-state index in [1.165, 1.54) is 0 Å². The van der Waals surface area contributed by atoms with E-state index in [1.807, 2.05) is 37.3 Å². The van der Waals surface area contributed by atoms with Gasteiger partial charge >= 0.3 is 0 Å². The van der Waals surface area contributed by atoms with E-state index in [9.17, 15) is 4.79 Å². The first-order valence-electron chi connectivity index (χ1n) is 7.54. The average molecular weight is 275 g/mol. The van der Waals surface area contributed by atoms with Crippen molar-refractivity contribution in [3.8, 4) is 0 Å². The molecule has 1 aromatic carbocycles. The van der Waals surface area contributed by atoms with Crippen LogP contribution < -0.4 is 10.6 Å². The normalized spacial score (nSPS) is 18.7. The molecule has 2 N–H and O–H groups in total. The minimum absolute atomic E-state index is 0.0715. The Kier molecular flexibility index (Phi) is 5.56. The largest absolute Gasteiger partial charge is 0.325 e. The van der Waals surface area contributed by atoms with Gasteiger partial charge in [-0.1, -0.05) is 25.1 Å². The van der Waals surface area contributed by atoms with Crippen molar-refractivity contribution in [2.45, 2.75) is 38.8 Å². The molecule has 0 spiro atoms. The van der Waals surface area contributed by atoms with Crippen molar-refractivity contribution in [3.05, 3.63) is 30.3 Å². The monoisotopic (exact) mass is 275 g/mol. The van der Waals surface area contributed by atoms with Gasteiger partial charge < -0.3 is 10.6 Å². The molecule has 4 nitrogen and oxygen atoms in total. The molecule has 1 unspecified atom stereocenters. The van der Waals surface area contributed by atoms with Gasteiger partial charge in [-0.15, -0.1) is 0 Å². The van der Waals surface area contributed by atoms with E-state index in [4.69, 9.17) is 0 Å². The van der Waals surface area contributed by atoms with Crippen molar-refractivity contribution < 1.29 is 4.79 Å². The van der Waals surface area contributed by atoms with Crippen LogP contribution in [0.25, 0.3) is 0 Å². The first kappa shape index (κ1) is 15.0. The standard InChI is InChI=1S/C16H25N3O/c1-3-17-14-9-11-19(12-10-14)13(2)16(20)18-15-7-5-4-6-8-15/h4-8,13-14,17H,3,9-12H2,1-2H3,(H,18,20). The van der Waals surface area contributed by atoms with Crippen LogP contribution in [0.4, 0.5) is 5.69 Å². The molecule has 1 aromatic rings. The predicted molar refractivity (Wildman–Crippen MR) is 82.8 cm³/mol. The highest BCUT2D eigenvalue weighted by molar-refractivity contribution is 5.94. The van der Waals surface area contributed by atoms with Crippen molar-refractivity contribution in [3.63, 3.8) is 0 Å². The lowest BCUT2D eigenvalue weighted by molar-refractivity contribution is -0.121. The summed E-state index contributed by atoms with van der Waals surface area (Å²) >= 11 is 0. The van der Waals surface area contributed by atoms with Crippen LogP contribution in [0.1, 0.15) is 26.7 Å². The Bertz CT molecular complexity index is 413. The quantitative estimate of drug-likeness (QED) is 0.865. The Morgan fingerprint density at radius 1 is 1.30 bits per heavy atom. The summed E-state index contributed by atoms with van der Waals surface area (Å²) in [7, 11) is 0. The smallest absolute Gasteiger partial charge is 0.241 e. The molecule has 20 heavy (non-hydrogen) atoms. The molecule has 0 bridgehead atoms. The van der Waals surface area contributed by atoms with Crippen LogP contribution in [-0.4, -0.2) is 42.5 Å². The van der Waals surface area contributed by atoms with Gasteiger partial charge in [-0.05, 0) is 38.4 Å². The van der Waals surface area contributed by atoms with Crippen LogP contribution in [0, 0.1) is 0 Å². The number of benzene rings is 1. The second kappa shape index (κ2) is 7.41. The topological polar surface area (TPSA) is 44.4 Å². The highest BCUT2D eigenvalue weighted by Crippen LogP contribution is 2.14. The second-order valence-electron chi connectivity index (χ2n) is 5.40. The number of likely N-dealkylation sites (tertiary alicyclic amines) is 1. The highest BCUT2D eigenvalue weighted by atomic mass is 16.2. The third-order valence-corrected chi connectivity index (χ3v) is 3.99. The van der Waals surface area contributed by atoms with Crippen LogP contribution in [0.5, 0.6) is 0 Å². The minimum atomic E-state index is -0.0715. The van der Waals surface area contributed by atoms with E-state index in [-0.39, 0.29) is 11.9 Å². The van der Waals surface area contributed by atoms with Crippen molar-refractivity contribution >= 4 is 11.6 Å². The van der Waals surface area contributed by atoms with E-state index >= 15 is 0 Å². The maximum atomic E-state index is 12.3. The number of amides is 1. The maximum Gasteiger partial charge on any atom is 0.241 e. The maximum absolute atomic E-state index is 12.3. The molecule has 0 aromatic heterocycles. The Morgan fingerprint density at radius 3 is 2.55 bits per heavy atom. The second-order valence-corrected chi connectivity index (χ2v) is 5.40. The fourth-order valence-electron chi connectivity index (χ4n) is 2.71. The lowest BCUT2D eigenvalue weighted by Crippen LogP contribution is -2.49. The van der Waals surface area contributed by atoms with Gasteiger partial charge in [-0.2, -0.15) is 0 Å². The van der Waals surface area contributed by atoms with Crippen molar-refractivity contribution in [2.24, 2.45) is 0 Å². The van der Waals surface area contributed by atoms with Crippen molar-refractivity contribution in [1.82, 2.24) is 10.2 Å². The fraction of sp³-hybridized carbons (Fsp3) is 0.562. The summed E-state index contributed by atoms with van der Waals surface area (Å²) in [6.07, 6.45) is 2.24. The number of nitrogens with zero attached hydrogens (tertiary/aromatic N) is 1. The summed E-state index contributed by atoms with van der Waals surface area (Å²) < 4.78 is 0. The molecule has 110 valence electrons. The lowest BCUT2D eigenvalue weighted by atomic mass is 10.0. The van der Waals surface area contributed by atoms with E-state index in [1.54, 1.807) is 0 Å². The Balaban J connectivity index is 1.82. The highest BCUT2D eigenvalue weighted by Gasteiger charge is 2.26. The first-order valence-corrected chi connectivity index (χ1v) is 7.54. The van der Waals surface area contributed by atoms with Gasteiger partial charge in [0.25, 0.3) is 0 Å². The molecule has 1 amide bonds. The molecule has 4 heteroatoms. The summed E-state index contributed by atoms with van der Waals surface area (Å²) in [5.74, 6) is 0.0816. The van der Waals surface area contributed by atoms with Crippen LogP contribution in [-0.2, 0) is 4.79 Å². The zero-order chi connectivity index (χ0) is 14.4. The summed E-state index contributed by atoms with van der Waals surface area (Å²) in [5.41, 5.74) is 0.867. The molecule has 1 aliphatic rings. The number of para-hydroxylation sites is 1. The van der Waals surface area contributed by atoms with E-state index in [0.717, 1.165) is 38.2 Å². The molecule has 0 aliphatic carbocycles. The van der Waals surface area contributed by atoms with Crippen molar-refractivity contribution in [1.29, 1.82) is 0 Å². The summed E-state index contributed by atoms with van der Waals surface area (Å²) in [4.78, 5) is 14.5. The van der Waals surface area contributed by atoms with Crippen LogP contribution in [0.3, 0.4) is 0 Å². The number of rotatable bonds is 5. The molecule has 0 radical (unpaired) electrons. The van der Waals surface area contributed by atoms with Crippen LogP contribution in [0.15, 0.2) is 30.3 Å². The van der Waals surface area contributed by atoms with E-state index in [0.29, 0.717) is 6.04 Å². The van der Waals surface area contributed by atoms with Gasteiger partial charge in [0.15, 0.2) is 0 Å². The summed E-state index contributed by atoms with van der Waals surface area (Å²) in [6.45, 7) is 7.13. The number of carbonyl (C=O) groups is 1. The number of anilines is 1. The Labute approximate surface area is 121 Å². The first-order chi connectivity index (χ1) is 9.70. The third kappa shape index (κ3) is 4.05. The summed E-state index contributed by atoms with van der Waals surface area (Å²) in [5, 5.41) is 6.46.